The molecule has 0 bridgehead atoms. The number of aromatic nitrogens is 2. The first-order chi connectivity index (χ1) is 12.8. The van der Waals surface area contributed by atoms with Crippen molar-refractivity contribution in [1.29, 1.82) is 0 Å². The molecule has 26 heavy (non-hydrogen) atoms. The van der Waals surface area contributed by atoms with Gasteiger partial charge in [-0.2, -0.15) is 5.10 Å². The van der Waals surface area contributed by atoms with Gasteiger partial charge in [0.2, 0.25) is 0 Å². The molecule has 1 aliphatic heterocycles. The second kappa shape index (κ2) is 9.97. The average Bonchev–Trinajstić information content (AvgIpc) is 3.38. The number of hydrogen-bond acceptors (Lipinski definition) is 3. The van der Waals surface area contributed by atoms with Crippen LogP contribution in [0.2, 0.25) is 0 Å². The fourth-order valence-electron chi connectivity index (χ4n) is 3.30. The molecular weight excluding hydrogens is 324 g/mol. The van der Waals surface area contributed by atoms with E-state index in [1.54, 1.807) is 6.20 Å². The summed E-state index contributed by atoms with van der Waals surface area (Å²) in [5, 5.41) is 11.1. The quantitative estimate of drug-likeness (QED) is 0.433. The molecule has 1 aromatic heterocycles. The Morgan fingerprint density at radius 3 is 2.58 bits per heavy atom. The third-order valence-corrected chi connectivity index (χ3v) is 4.78. The summed E-state index contributed by atoms with van der Waals surface area (Å²) in [6.07, 6.45) is 8.60. The molecule has 1 saturated heterocycles. The van der Waals surface area contributed by atoms with Crippen LogP contribution in [0.1, 0.15) is 24.8 Å². The lowest BCUT2D eigenvalue weighted by atomic mass is 10.1. The molecule has 1 aliphatic rings. The maximum atomic E-state index is 4.31. The Morgan fingerprint density at radius 2 is 1.88 bits per heavy atom. The summed E-state index contributed by atoms with van der Waals surface area (Å²) in [5.74, 6) is 0.889. The van der Waals surface area contributed by atoms with Crippen LogP contribution >= 0.6 is 0 Å². The summed E-state index contributed by atoms with van der Waals surface area (Å²) in [6, 6.07) is 10.5. The highest BCUT2D eigenvalue weighted by molar-refractivity contribution is 5.79. The van der Waals surface area contributed by atoms with Crippen LogP contribution in [0, 0.1) is 0 Å². The van der Waals surface area contributed by atoms with Crippen LogP contribution in [-0.4, -0.2) is 60.4 Å². The highest BCUT2D eigenvalue weighted by Crippen LogP contribution is 2.09. The van der Waals surface area contributed by atoms with Crippen molar-refractivity contribution in [1.82, 2.24) is 25.3 Å². The number of rotatable bonds is 8. The van der Waals surface area contributed by atoms with Gasteiger partial charge in [-0.05, 0) is 69.1 Å². The van der Waals surface area contributed by atoms with Gasteiger partial charge in [0.1, 0.15) is 0 Å². The Kier molecular flexibility index (Phi) is 7.07. The van der Waals surface area contributed by atoms with Gasteiger partial charge in [-0.15, -0.1) is 0 Å². The third-order valence-electron chi connectivity index (χ3n) is 4.78. The molecular formula is C20H30N6. The number of benzene rings is 1. The number of hydrogen-bond donors (Lipinski definition) is 2. The first-order valence-electron chi connectivity index (χ1n) is 9.61. The normalized spacial score (nSPS) is 15.3. The summed E-state index contributed by atoms with van der Waals surface area (Å²) in [6.45, 7) is 5.56. The van der Waals surface area contributed by atoms with Crippen molar-refractivity contribution in [2.45, 2.75) is 25.7 Å². The zero-order valence-electron chi connectivity index (χ0n) is 15.7. The SMILES string of the molecule is CN=C(NCCCN1CCCC1)NCCc1ccc(-n2cccn2)cc1. The molecule has 1 fully saturated rings. The smallest absolute Gasteiger partial charge is 0.190 e. The van der Waals surface area contributed by atoms with Gasteiger partial charge in [0.25, 0.3) is 0 Å². The molecule has 2 heterocycles. The van der Waals surface area contributed by atoms with Crippen molar-refractivity contribution >= 4 is 5.96 Å². The van der Waals surface area contributed by atoms with Crippen LogP contribution in [0.3, 0.4) is 0 Å². The second-order valence-corrected chi connectivity index (χ2v) is 6.70. The molecule has 6 heteroatoms. The molecule has 0 aliphatic carbocycles. The third kappa shape index (κ3) is 5.59. The maximum Gasteiger partial charge on any atom is 0.190 e. The minimum Gasteiger partial charge on any atom is -0.356 e. The molecule has 6 nitrogen and oxygen atoms in total. The highest BCUT2D eigenvalue weighted by Gasteiger charge is 2.10. The molecule has 0 unspecified atom stereocenters. The molecule has 140 valence electrons. The van der Waals surface area contributed by atoms with Gasteiger partial charge in [0.05, 0.1) is 5.69 Å². The molecule has 1 aromatic carbocycles. The summed E-state index contributed by atoms with van der Waals surface area (Å²) in [4.78, 5) is 6.85. The topological polar surface area (TPSA) is 57.5 Å². The molecule has 0 saturated carbocycles. The lowest BCUT2D eigenvalue weighted by Gasteiger charge is -2.16. The number of guanidine groups is 1. The lowest BCUT2D eigenvalue weighted by Crippen LogP contribution is -2.39. The minimum absolute atomic E-state index is 0.868. The number of nitrogens with zero attached hydrogens (tertiary/aromatic N) is 4. The predicted molar refractivity (Wildman–Crippen MR) is 107 cm³/mol. The van der Waals surface area contributed by atoms with Crippen molar-refractivity contribution in [2.24, 2.45) is 4.99 Å². The first-order valence-corrected chi connectivity index (χ1v) is 9.61. The predicted octanol–water partition coefficient (Wildman–Crippen LogP) is 2.07. The van der Waals surface area contributed by atoms with E-state index in [0.717, 1.165) is 37.6 Å². The van der Waals surface area contributed by atoms with Crippen molar-refractivity contribution < 1.29 is 0 Å². The Bertz CT molecular complexity index is 656. The van der Waals surface area contributed by atoms with Crippen LogP contribution in [0.5, 0.6) is 0 Å². The molecule has 0 atom stereocenters. The van der Waals surface area contributed by atoms with E-state index in [1.807, 2.05) is 24.0 Å². The van der Waals surface area contributed by atoms with Crippen molar-refractivity contribution in [3.63, 3.8) is 0 Å². The van der Waals surface area contributed by atoms with E-state index in [-0.39, 0.29) is 0 Å². The lowest BCUT2D eigenvalue weighted by molar-refractivity contribution is 0.334. The zero-order valence-corrected chi connectivity index (χ0v) is 15.7. The van der Waals surface area contributed by atoms with Gasteiger partial charge < -0.3 is 15.5 Å². The Morgan fingerprint density at radius 1 is 1.12 bits per heavy atom. The van der Waals surface area contributed by atoms with Crippen molar-refractivity contribution in [3.8, 4) is 5.69 Å². The summed E-state index contributed by atoms with van der Waals surface area (Å²) < 4.78 is 1.87. The highest BCUT2D eigenvalue weighted by atomic mass is 15.3. The monoisotopic (exact) mass is 354 g/mol. The number of aliphatic imine (C=N–C) groups is 1. The van der Waals surface area contributed by atoms with Gasteiger partial charge in [-0.1, -0.05) is 12.1 Å². The Balaban J connectivity index is 1.33. The minimum atomic E-state index is 0.868. The molecule has 3 rings (SSSR count). The summed E-state index contributed by atoms with van der Waals surface area (Å²) >= 11 is 0. The average molecular weight is 355 g/mol. The molecule has 2 N–H and O–H groups in total. The number of nitrogens with one attached hydrogen (secondary N) is 2. The van der Waals surface area contributed by atoms with Crippen molar-refractivity contribution in [2.75, 3.05) is 39.8 Å². The van der Waals surface area contributed by atoms with Gasteiger partial charge in [-0.25, -0.2) is 4.68 Å². The van der Waals surface area contributed by atoms with Gasteiger partial charge >= 0.3 is 0 Å². The second-order valence-electron chi connectivity index (χ2n) is 6.70. The Hall–Kier alpha value is -2.34. The van der Waals surface area contributed by atoms with Crippen LogP contribution < -0.4 is 10.6 Å². The van der Waals surface area contributed by atoms with Gasteiger partial charge in [-0.3, -0.25) is 4.99 Å². The van der Waals surface area contributed by atoms with Gasteiger partial charge in [0, 0.05) is 32.5 Å². The fourth-order valence-corrected chi connectivity index (χ4v) is 3.30. The first kappa shape index (κ1) is 18.5. The van der Waals surface area contributed by atoms with Crippen LogP contribution in [0.4, 0.5) is 0 Å². The van der Waals surface area contributed by atoms with Crippen LogP contribution in [-0.2, 0) is 6.42 Å². The largest absolute Gasteiger partial charge is 0.356 e. The van der Waals surface area contributed by atoms with E-state index in [1.165, 1.54) is 38.0 Å². The molecule has 0 amide bonds. The van der Waals surface area contributed by atoms with E-state index in [9.17, 15) is 0 Å². The maximum absolute atomic E-state index is 4.31. The van der Waals surface area contributed by atoms with E-state index >= 15 is 0 Å². The van der Waals surface area contributed by atoms with Crippen molar-refractivity contribution in [3.05, 3.63) is 48.3 Å². The number of likely N-dealkylation sites (tertiary alicyclic amines) is 1. The van der Waals surface area contributed by atoms with Crippen LogP contribution in [0.25, 0.3) is 5.69 Å². The van der Waals surface area contributed by atoms with E-state index in [0.29, 0.717) is 0 Å². The summed E-state index contributed by atoms with van der Waals surface area (Å²) in [7, 11) is 1.83. The molecule has 2 aromatic rings. The molecule has 0 radical (unpaired) electrons. The van der Waals surface area contributed by atoms with E-state index in [2.05, 4.69) is 49.9 Å². The fraction of sp³-hybridized carbons (Fsp3) is 0.500. The molecule has 0 spiro atoms. The van der Waals surface area contributed by atoms with Crippen LogP contribution in [0.15, 0.2) is 47.7 Å². The summed E-state index contributed by atoms with van der Waals surface area (Å²) in [5.41, 5.74) is 2.39. The van der Waals surface area contributed by atoms with E-state index in [4.69, 9.17) is 0 Å². The van der Waals surface area contributed by atoms with Gasteiger partial charge in [0.15, 0.2) is 5.96 Å². The Labute approximate surface area is 156 Å². The standard InChI is InChI=1S/C20H30N6/c1-21-20(22-11-4-16-25-14-2-3-15-25)23-13-10-18-6-8-19(9-7-18)26-17-5-12-24-26/h5-9,12,17H,2-4,10-11,13-16H2,1H3,(H2,21,22,23). The zero-order chi connectivity index (χ0) is 18.0. The van der Waals surface area contributed by atoms with E-state index < -0.39 is 0 Å².